The lowest BCUT2D eigenvalue weighted by Crippen LogP contribution is -2.16. The van der Waals surface area contributed by atoms with Gasteiger partial charge in [0.25, 0.3) is 0 Å². The standard InChI is InChI=1S/C15H18F3NO3/c1-4-22-14(21)11(9-19(2)3)7-10-5-6-12(20)8-13(10)15(16,17)18/h5-6,8-9,20H,4,7H2,1-3H3. The topological polar surface area (TPSA) is 49.8 Å². The van der Waals surface area contributed by atoms with E-state index in [0.717, 1.165) is 12.1 Å². The molecule has 0 aliphatic carbocycles. The van der Waals surface area contributed by atoms with Gasteiger partial charge >= 0.3 is 12.1 Å². The van der Waals surface area contributed by atoms with Crippen LogP contribution in [-0.4, -0.2) is 36.7 Å². The molecule has 0 atom stereocenters. The molecular weight excluding hydrogens is 299 g/mol. The Kier molecular flexibility index (Phi) is 5.84. The Morgan fingerprint density at radius 2 is 2.00 bits per heavy atom. The Balaban J connectivity index is 3.22. The summed E-state index contributed by atoms with van der Waals surface area (Å²) < 4.78 is 44.0. The molecule has 4 nitrogen and oxygen atoms in total. The lowest BCUT2D eigenvalue weighted by atomic mass is 9.99. The second-order valence-electron chi connectivity index (χ2n) is 4.85. The highest BCUT2D eigenvalue weighted by atomic mass is 19.4. The molecule has 0 spiro atoms. The van der Waals surface area contributed by atoms with E-state index in [2.05, 4.69) is 0 Å². The van der Waals surface area contributed by atoms with Crippen molar-refractivity contribution < 1.29 is 27.8 Å². The number of benzene rings is 1. The fraction of sp³-hybridized carbons (Fsp3) is 0.400. The quantitative estimate of drug-likeness (QED) is 0.670. The Labute approximate surface area is 126 Å². The largest absolute Gasteiger partial charge is 0.508 e. The molecule has 0 fully saturated rings. The Morgan fingerprint density at radius 3 is 2.50 bits per heavy atom. The van der Waals surface area contributed by atoms with Crippen LogP contribution in [0.2, 0.25) is 0 Å². The minimum Gasteiger partial charge on any atom is -0.508 e. The molecule has 0 saturated heterocycles. The molecule has 0 aromatic heterocycles. The number of phenols is 1. The summed E-state index contributed by atoms with van der Waals surface area (Å²) in [6.45, 7) is 1.75. The molecule has 0 heterocycles. The average molecular weight is 317 g/mol. The van der Waals surface area contributed by atoms with Gasteiger partial charge in [0.05, 0.1) is 17.7 Å². The highest BCUT2D eigenvalue weighted by Gasteiger charge is 2.34. The molecule has 1 aromatic carbocycles. The van der Waals surface area contributed by atoms with Crippen molar-refractivity contribution in [3.05, 3.63) is 41.1 Å². The smallest absolute Gasteiger partial charge is 0.416 e. The lowest BCUT2D eigenvalue weighted by Gasteiger charge is -2.16. The predicted octanol–water partition coefficient (Wildman–Crippen LogP) is 2.96. The number of aromatic hydroxyl groups is 1. The molecule has 0 aliphatic rings. The second kappa shape index (κ2) is 7.20. The number of nitrogens with zero attached hydrogens (tertiary/aromatic N) is 1. The van der Waals surface area contributed by atoms with E-state index in [1.807, 2.05) is 0 Å². The third kappa shape index (κ3) is 4.98. The van der Waals surface area contributed by atoms with Crippen LogP contribution in [0.1, 0.15) is 18.1 Å². The van der Waals surface area contributed by atoms with Crippen molar-refractivity contribution in [1.29, 1.82) is 0 Å². The normalized spacial score (nSPS) is 12.2. The molecule has 0 saturated carbocycles. The van der Waals surface area contributed by atoms with Crippen LogP contribution in [0, 0.1) is 0 Å². The highest BCUT2D eigenvalue weighted by molar-refractivity contribution is 5.88. The summed E-state index contributed by atoms with van der Waals surface area (Å²) in [6.07, 6.45) is -3.44. The average Bonchev–Trinajstić information content (AvgIpc) is 2.38. The number of halogens is 3. The molecule has 1 N–H and O–H groups in total. The summed E-state index contributed by atoms with van der Waals surface area (Å²) in [7, 11) is 3.31. The van der Waals surface area contributed by atoms with Crippen LogP contribution in [0.25, 0.3) is 0 Å². The monoisotopic (exact) mass is 317 g/mol. The van der Waals surface area contributed by atoms with Gasteiger partial charge in [0.15, 0.2) is 0 Å². The number of carbonyl (C=O) groups is 1. The van der Waals surface area contributed by atoms with Crippen molar-refractivity contribution in [2.75, 3.05) is 20.7 Å². The maximum atomic E-state index is 13.0. The van der Waals surface area contributed by atoms with E-state index in [1.165, 1.54) is 6.20 Å². The first-order valence-corrected chi connectivity index (χ1v) is 6.58. The molecule has 0 radical (unpaired) electrons. The molecule has 0 aliphatic heterocycles. The van der Waals surface area contributed by atoms with Gasteiger partial charge in [-0.25, -0.2) is 4.79 Å². The second-order valence-corrected chi connectivity index (χ2v) is 4.85. The number of esters is 1. The Morgan fingerprint density at radius 1 is 1.36 bits per heavy atom. The zero-order valence-electron chi connectivity index (χ0n) is 12.6. The van der Waals surface area contributed by atoms with Crippen molar-refractivity contribution >= 4 is 5.97 Å². The summed E-state index contributed by atoms with van der Waals surface area (Å²) in [6, 6.07) is 2.96. The number of ether oxygens (including phenoxy) is 1. The number of carbonyl (C=O) groups excluding carboxylic acids is 1. The third-order valence-corrected chi connectivity index (χ3v) is 2.73. The van der Waals surface area contributed by atoms with Gasteiger partial charge in [0.1, 0.15) is 5.75 Å². The first-order chi connectivity index (χ1) is 10.1. The fourth-order valence-electron chi connectivity index (χ4n) is 1.89. The van der Waals surface area contributed by atoms with Gasteiger partial charge in [0, 0.05) is 26.7 Å². The number of rotatable bonds is 5. The SMILES string of the molecule is CCOC(=O)C(=CN(C)C)Cc1ccc(O)cc1C(F)(F)F. The minimum atomic E-state index is -4.62. The zero-order chi connectivity index (χ0) is 16.9. The van der Waals surface area contributed by atoms with Gasteiger partial charge in [-0.1, -0.05) is 6.07 Å². The molecular formula is C15H18F3NO3. The summed E-state index contributed by atoms with van der Waals surface area (Å²) in [5.41, 5.74) is -0.976. The maximum absolute atomic E-state index is 13.0. The van der Waals surface area contributed by atoms with E-state index in [9.17, 15) is 23.1 Å². The van der Waals surface area contributed by atoms with Crippen LogP contribution >= 0.6 is 0 Å². The first kappa shape index (κ1) is 17.9. The molecule has 1 aromatic rings. The van der Waals surface area contributed by atoms with E-state index in [4.69, 9.17) is 4.74 Å². The Bertz CT molecular complexity index is 566. The third-order valence-electron chi connectivity index (χ3n) is 2.73. The number of hydrogen-bond donors (Lipinski definition) is 1. The minimum absolute atomic E-state index is 0.100. The highest BCUT2D eigenvalue weighted by Crippen LogP contribution is 2.35. The van der Waals surface area contributed by atoms with E-state index in [-0.39, 0.29) is 24.2 Å². The van der Waals surface area contributed by atoms with E-state index >= 15 is 0 Å². The summed E-state index contributed by atoms with van der Waals surface area (Å²) in [5, 5.41) is 9.26. The van der Waals surface area contributed by atoms with Crippen LogP contribution in [-0.2, 0) is 22.1 Å². The summed E-state index contributed by atoms with van der Waals surface area (Å²) in [4.78, 5) is 13.4. The van der Waals surface area contributed by atoms with Crippen LogP contribution in [0.5, 0.6) is 5.75 Å². The fourth-order valence-corrected chi connectivity index (χ4v) is 1.89. The van der Waals surface area contributed by atoms with E-state index < -0.39 is 23.5 Å². The summed E-state index contributed by atoms with van der Waals surface area (Å²) >= 11 is 0. The zero-order valence-corrected chi connectivity index (χ0v) is 12.6. The molecule has 1 rings (SSSR count). The van der Waals surface area contributed by atoms with Gasteiger partial charge in [0.2, 0.25) is 0 Å². The van der Waals surface area contributed by atoms with Crippen molar-refractivity contribution in [3.63, 3.8) is 0 Å². The van der Waals surface area contributed by atoms with Crippen molar-refractivity contribution in [2.24, 2.45) is 0 Å². The first-order valence-electron chi connectivity index (χ1n) is 6.58. The van der Waals surface area contributed by atoms with Crippen molar-refractivity contribution in [2.45, 2.75) is 19.5 Å². The molecule has 0 amide bonds. The van der Waals surface area contributed by atoms with E-state index in [1.54, 1.807) is 25.9 Å². The molecule has 7 heteroatoms. The van der Waals surface area contributed by atoms with Crippen LogP contribution in [0.3, 0.4) is 0 Å². The predicted molar refractivity (Wildman–Crippen MR) is 75.2 cm³/mol. The van der Waals surface area contributed by atoms with Gasteiger partial charge in [-0.15, -0.1) is 0 Å². The molecule has 0 unspecified atom stereocenters. The molecule has 22 heavy (non-hydrogen) atoms. The number of phenolic OH excluding ortho intramolecular Hbond substituents is 1. The van der Waals surface area contributed by atoms with E-state index in [0.29, 0.717) is 6.07 Å². The van der Waals surface area contributed by atoms with Crippen LogP contribution < -0.4 is 0 Å². The van der Waals surface area contributed by atoms with Gasteiger partial charge in [-0.2, -0.15) is 13.2 Å². The van der Waals surface area contributed by atoms with Gasteiger partial charge < -0.3 is 14.7 Å². The summed E-state index contributed by atoms with van der Waals surface area (Å²) in [5.74, 6) is -1.15. The van der Waals surface area contributed by atoms with Crippen molar-refractivity contribution in [3.8, 4) is 5.75 Å². The lowest BCUT2D eigenvalue weighted by molar-refractivity contribution is -0.140. The van der Waals surface area contributed by atoms with Crippen LogP contribution in [0.15, 0.2) is 30.0 Å². The maximum Gasteiger partial charge on any atom is 0.416 e. The van der Waals surface area contributed by atoms with Crippen LogP contribution in [0.4, 0.5) is 13.2 Å². The number of alkyl halides is 3. The van der Waals surface area contributed by atoms with Gasteiger partial charge in [-0.3, -0.25) is 0 Å². The van der Waals surface area contributed by atoms with Gasteiger partial charge in [-0.05, 0) is 24.6 Å². The number of hydrogen-bond acceptors (Lipinski definition) is 4. The Hall–Kier alpha value is -2.18. The molecule has 122 valence electrons. The molecule has 0 bridgehead atoms. The van der Waals surface area contributed by atoms with Crippen molar-refractivity contribution in [1.82, 2.24) is 4.90 Å².